The van der Waals surface area contributed by atoms with Crippen LogP contribution in [0.4, 0.5) is 0 Å². The molecule has 114 valence electrons. The molecule has 1 atom stereocenters. The van der Waals surface area contributed by atoms with Crippen LogP contribution < -0.4 is 10.1 Å². The first-order chi connectivity index (χ1) is 10.1. The minimum atomic E-state index is 0.248. The van der Waals surface area contributed by atoms with E-state index in [1.165, 1.54) is 16.7 Å². The Hall–Kier alpha value is -1.74. The summed E-state index contributed by atoms with van der Waals surface area (Å²) in [4.78, 5) is 0. The first kappa shape index (κ1) is 15.6. The lowest BCUT2D eigenvalue weighted by molar-refractivity contribution is 0.405. The molecule has 1 N–H and O–H groups in total. The van der Waals surface area contributed by atoms with Gasteiger partial charge in [0, 0.05) is 11.6 Å². The van der Waals surface area contributed by atoms with Gasteiger partial charge in [-0.15, -0.1) is 0 Å². The molecule has 0 saturated heterocycles. The first-order valence-corrected chi connectivity index (χ1v) is 7.56. The Balaban J connectivity index is 2.24. The molecule has 1 aromatic heterocycles. The second kappa shape index (κ2) is 7.32. The van der Waals surface area contributed by atoms with Crippen molar-refractivity contribution in [1.82, 2.24) is 5.32 Å². The number of rotatable bonds is 7. The Morgan fingerprint density at radius 3 is 2.67 bits per heavy atom. The number of methoxy groups -OCH3 is 1. The van der Waals surface area contributed by atoms with E-state index in [-0.39, 0.29) is 6.04 Å². The molecule has 3 nitrogen and oxygen atoms in total. The van der Waals surface area contributed by atoms with Crippen LogP contribution in [0, 0.1) is 13.8 Å². The zero-order valence-electron chi connectivity index (χ0n) is 13.4. The van der Waals surface area contributed by atoms with E-state index in [1.54, 1.807) is 7.11 Å². The molecule has 0 aliphatic heterocycles. The minimum absolute atomic E-state index is 0.248. The SMILES string of the molecule is CCCNC(Cc1cc(C)ccc1OC)c1coc(C)c1. The van der Waals surface area contributed by atoms with Gasteiger partial charge in [0.15, 0.2) is 0 Å². The highest BCUT2D eigenvalue weighted by Crippen LogP contribution is 2.27. The van der Waals surface area contributed by atoms with Crippen LogP contribution in [0.15, 0.2) is 34.9 Å². The molecule has 0 fully saturated rings. The van der Waals surface area contributed by atoms with Crippen LogP contribution in [0.25, 0.3) is 0 Å². The van der Waals surface area contributed by atoms with Crippen LogP contribution in [0.1, 0.15) is 41.8 Å². The zero-order chi connectivity index (χ0) is 15.2. The lowest BCUT2D eigenvalue weighted by Gasteiger charge is -2.19. The lowest BCUT2D eigenvalue weighted by Crippen LogP contribution is -2.24. The molecule has 0 aliphatic carbocycles. The third kappa shape index (κ3) is 4.11. The molecule has 2 rings (SSSR count). The Bertz CT molecular complexity index is 574. The van der Waals surface area contributed by atoms with Crippen LogP contribution in [0.3, 0.4) is 0 Å². The first-order valence-electron chi connectivity index (χ1n) is 7.56. The van der Waals surface area contributed by atoms with Gasteiger partial charge in [-0.05, 0) is 50.9 Å². The Kier molecular flexibility index (Phi) is 5.45. The third-order valence-corrected chi connectivity index (χ3v) is 3.65. The molecular weight excluding hydrogens is 262 g/mol. The second-order valence-electron chi connectivity index (χ2n) is 5.52. The third-order valence-electron chi connectivity index (χ3n) is 3.65. The van der Waals surface area contributed by atoms with Gasteiger partial charge < -0.3 is 14.5 Å². The van der Waals surface area contributed by atoms with Crippen LogP contribution in [-0.4, -0.2) is 13.7 Å². The number of ether oxygens (including phenoxy) is 1. The average Bonchev–Trinajstić information content (AvgIpc) is 2.90. The van der Waals surface area contributed by atoms with E-state index < -0.39 is 0 Å². The van der Waals surface area contributed by atoms with Gasteiger partial charge in [0.05, 0.1) is 13.4 Å². The van der Waals surface area contributed by atoms with Crippen molar-refractivity contribution in [2.45, 2.75) is 39.7 Å². The van der Waals surface area contributed by atoms with Crippen LogP contribution in [0.2, 0.25) is 0 Å². The molecule has 3 heteroatoms. The quantitative estimate of drug-likeness (QED) is 0.829. The molecule has 1 heterocycles. The van der Waals surface area contributed by atoms with Gasteiger partial charge >= 0.3 is 0 Å². The minimum Gasteiger partial charge on any atom is -0.496 e. The number of aryl methyl sites for hydroxylation is 2. The molecule has 0 amide bonds. The average molecular weight is 287 g/mol. The van der Waals surface area contributed by atoms with Gasteiger partial charge in [-0.2, -0.15) is 0 Å². The summed E-state index contributed by atoms with van der Waals surface area (Å²) in [5, 5.41) is 3.60. The van der Waals surface area contributed by atoms with E-state index in [0.717, 1.165) is 30.9 Å². The number of benzene rings is 1. The van der Waals surface area contributed by atoms with E-state index in [9.17, 15) is 0 Å². The van der Waals surface area contributed by atoms with E-state index in [1.807, 2.05) is 19.3 Å². The standard InChI is InChI=1S/C18H25NO2/c1-5-8-19-17(16-10-14(3)21-12-16)11-15-9-13(2)6-7-18(15)20-4/h6-7,9-10,12,17,19H,5,8,11H2,1-4H3. The highest BCUT2D eigenvalue weighted by molar-refractivity contribution is 5.38. The lowest BCUT2D eigenvalue weighted by atomic mass is 9.98. The number of furan rings is 1. The highest BCUT2D eigenvalue weighted by atomic mass is 16.5. The molecule has 1 unspecified atom stereocenters. The van der Waals surface area contributed by atoms with Gasteiger partial charge in [0.1, 0.15) is 11.5 Å². The van der Waals surface area contributed by atoms with Crippen molar-refractivity contribution in [3.8, 4) is 5.75 Å². The second-order valence-corrected chi connectivity index (χ2v) is 5.52. The van der Waals surface area contributed by atoms with Crippen molar-refractivity contribution in [2.75, 3.05) is 13.7 Å². The number of hydrogen-bond donors (Lipinski definition) is 1. The molecule has 0 saturated carbocycles. The fraction of sp³-hybridized carbons (Fsp3) is 0.444. The van der Waals surface area contributed by atoms with Gasteiger partial charge in [-0.25, -0.2) is 0 Å². The van der Waals surface area contributed by atoms with Crippen molar-refractivity contribution in [3.05, 3.63) is 53.0 Å². The molecule has 2 aromatic rings. The summed E-state index contributed by atoms with van der Waals surface area (Å²) >= 11 is 0. The van der Waals surface area contributed by atoms with Crippen molar-refractivity contribution in [2.24, 2.45) is 0 Å². The Morgan fingerprint density at radius 2 is 2.05 bits per heavy atom. The smallest absolute Gasteiger partial charge is 0.122 e. The predicted octanol–water partition coefficient (Wildman–Crippen LogP) is 4.19. The topological polar surface area (TPSA) is 34.4 Å². The summed E-state index contributed by atoms with van der Waals surface area (Å²) < 4.78 is 11.0. The van der Waals surface area contributed by atoms with Gasteiger partial charge in [-0.3, -0.25) is 0 Å². The van der Waals surface area contributed by atoms with Crippen molar-refractivity contribution in [3.63, 3.8) is 0 Å². The predicted molar refractivity (Wildman–Crippen MR) is 85.9 cm³/mol. The summed E-state index contributed by atoms with van der Waals surface area (Å²) in [7, 11) is 1.73. The molecule has 0 spiro atoms. The zero-order valence-corrected chi connectivity index (χ0v) is 13.4. The maximum Gasteiger partial charge on any atom is 0.122 e. The number of nitrogens with one attached hydrogen (secondary N) is 1. The maximum atomic E-state index is 5.50. The summed E-state index contributed by atoms with van der Waals surface area (Å²) in [5.41, 5.74) is 3.68. The molecule has 0 radical (unpaired) electrons. The molecule has 0 aliphatic rings. The van der Waals surface area contributed by atoms with E-state index in [0.29, 0.717) is 0 Å². The molecule has 1 aromatic carbocycles. The Morgan fingerprint density at radius 1 is 1.24 bits per heavy atom. The molecular formula is C18H25NO2. The van der Waals surface area contributed by atoms with E-state index in [4.69, 9.17) is 9.15 Å². The van der Waals surface area contributed by atoms with E-state index in [2.05, 4.69) is 37.4 Å². The summed E-state index contributed by atoms with van der Waals surface area (Å²) in [5.74, 6) is 1.90. The summed E-state index contributed by atoms with van der Waals surface area (Å²) in [6.45, 7) is 7.26. The van der Waals surface area contributed by atoms with Crippen LogP contribution in [0.5, 0.6) is 5.75 Å². The molecule has 0 bridgehead atoms. The Labute approximate surface area is 127 Å². The highest BCUT2D eigenvalue weighted by Gasteiger charge is 2.16. The van der Waals surface area contributed by atoms with Gasteiger partial charge in [0.2, 0.25) is 0 Å². The van der Waals surface area contributed by atoms with Crippen LogP contribution >= 0.6 is 0 Å². The monoisotopic (exact) mass is 287 g/mol. The normalized spacial score (nSPS) is 12.4. The van der Waals surface area contributed by atoms with E-state index >= 15 is 0 Å². The van der Waals surface area contributed by atoms with Crippen molar-refractivity contribution < 1.29 is 9.15 Å². The summed E-state index contributed by atoms with van der Waals surface area (Å²) in [6, 6.07) is 8.68. The maximum absolute atomic E-state index is 5.50. The largest absolute Gasteiger partial charge is 0.496 e. The van der Waals surface area contributed by atoms with Crippen LogP contribution in [-0.2, 0) is 6.42 Å². The fourth-order valence-corrected chi connectivity index (χ4v) is 2.56. The van der Waals surface area contributed by atoms with Gasteiger partial charge in [-0.1, -0.05) is 24.6 Å². The molecule has 21 heavy (non-hydrogen) atoms. The fourth-order valence-electron chi connectivity index (χ4n) is 2.56. The van der Waals surface area contributed by atoms with Gasteiger partial charge in [0.25, 0.3) is 0 Å². The van der Waals surface area contributed by atoms with Crippen molar-refractivity contribution in [1.29, 1.82) is 0 Å². The number of hydrogen-bond acceptors (Lipinski definition) is 3. The van der Waals surface area contributed by atoms with Crippen molar-refractivity contribution >= 4 is 0 Å². The summed E-state index contributed by atoms with van der Waals surface area (Å²) in [6.07, 6.45) is 3.85.